The zero-order chi connectivity index (χ0) is 17.3. The number of rotatable bonds is 4. The van der Waals surface area contributed by atoms with Gasteiger partial charge in [-0.25, -0.2) is 4.39 Å². The molecule has 122 valence electrons. The molecule has 0 atom stereocenters. The van der Waals surface area contributed by atoms with Crippen LogP contribution >= 0.6 is 0 Å². The zero-order valence-electron chi connectivity index (χ0n) is 13.4. The lowest BCUT2D eigenvalue weighted by Gasteiger charge is -2.08. The van der Waals surface area contributed by atoms with Crippen molar-refractivity contribution in [2.45, 2.75) is 19.8 Å². The van der Waals surface area contributed by atoms with Crippen LogP contribution in [0.2, 0.25) is 0 Å². The van der Waals surface area contributed by atoms with Gasteiger partial charge in [0.25, 0.3) is 11.7 Å². The van der Waals surface area contributed by atoms with Gasteiger partial charge >= 0.3 is 0 Å². The topological polar surface area (TPSA) is 62.0 Å². The highest BCUT2D eigenvalue weighted by Crippen LogP contribution is 2.21. The van der Waals surface area contributed by atoms with Gasteiger partial charge in [-0.3, -0.25) is 9.59 Å². The van der Waals surface area contributed by atoms with E-state index in [1.165, 1.54) is 24.4 Å². The number of ketones is 1. The number of hydrogen-bond donors (Lipinski definition) is 2. The Hall–Kier alpha value is -2.95. The summed E-state index contributed by atoms with van der Waals surface area (Å²) in [5.41, 5.74) is 2.45. The molecule has 2 aromatic carbocycles. The van der Waals surface area contributed by atoms with Gasteiger partial charge in [0.05, 0.1) is 5.56 Å². The number of hydrogen-bond acceptors (Lipinski definition) is 2. The molecule has 0 unspecified atom stereocenters. The van der Waals surface area contributed by atoms with Gasteiger partial charge in [0, 0.05) is 22.8 Å². The first-order valence-electron chi connectivity index (χ1n) is 7.68. The van der Waals surface area contributed by atoms with Gasteiger partial charge < -0.3 is 10.3 Å². The Bertz CT molecular complexity index is 911. The maximum Gasteiger partial charge on any atom is 0.296 e. The fourth-order valence-corrected chi connectivity index (χ4v) is 2.54. The highest BCUT2D eigenvalue weighted by atomic mass is 19.1. The van der Waals surface area contributed by atoms with E-state index in [9.17, 15) is 14.0 Å². The highest BCUT2D eigenvalue weighted by Gasteiger charge is 2.20. The lowest BCUT2D eigenvalue weighted by atomic mass is 10.0. The van der Waals surface area contributed by atoms with Crippen LogP contribution in [0.4, 0.5) is 10.1 Å². The van der Waals surface area contributed by atoms with Crippen LogP contribution in [0.5, 0.6) is 0 Å². The molecular formula is C19H17FN2O2. The van der Waals surface area contributed by atoms with Crippen molar-refractivity contribution in [2.75, 3.05) is 5.32 Å². The van der Waals surface area contributed by atoms with E-state index in [2.05, 4.69) is 24.1 Å². The van der Waals surface area contributed by atoms with E-state index >= 15 is 0 Å². The lowest BCUT2D eigenvalue weighted by molar-refractivity contribution is -0.112. The summed E-state index contributed by atoms with van der Waals surface area (Å²) in [4.78, 5) is 27.4. The summed E-state index contributed by atoms with van der Waals surface area (Å²) in [6.07, 6.45) is 1.42. The molecule has 1 heterocycles. The molecule has 4 nitrogen and oxygen atoms in total. The second kappa shape index (κ2) is 6.28. The summed E-state index contributed by atoms with van der Waals surface area (Å²) in [6, 6.07) is 11.4. The number of halogens is 1. The summed E-state index contributed by atoms with van der Waals surface area (Å²) in [7, 11) is 0. The van der Waals surface area contributed by atoms with Crippen LogP contribution in [0.15, 0.2) is 48.7 Å². The Kier molecular flexibility index (Phi) is 4.16. The highest BCUT2D eigenvalue weighted by molar-refractivity contribution is 6.48. The molecule has 0 aliphatic heterocycles. The number of aromatic nitrogens is 1. The fraction of sp³-hybridized carbons (Fsp3) is 0.158. The van der Waals surface area contributed by atoms with Gasteiger partial charge in [-0.2, -0.15) is 0 Å². The van der Waals surface area contributed by atoms with Crippen LogP contribution in [0.25, 0.3) is 10.9 Å². The molecule has 2 N–H and O–H groups in total. The van der Waals surface area contributed by atoms with E-state index in [0.717, 1.165) is 5.56 Å². The maximum absolute atomic E-state index is 13.4. The number of benzene rings is 2. The molecule has 1 aromatic heterocycles. The Balaban J connectivity index is 1.81. The predicted molar refractivity (Wildman–Crippen MR) is 91.7 cm³/mol. The van der Waals surface area contributed by atoms with E-state index in [-0.39, 0.29) is 5.56 Å². The van der Waals surface area contributed by atoms with Crippen molar-refractivity contribution in [1.29, 1.82) is 0 Å². The zero-order valence-corrected chi connectivity index (χ0v) is 13.4. The smallest absolute Gasteiger partial charge is 0.296 e. The number of H-pyrrole nitrogens is 1. The normalized spacial score (nSPS) is 11.0. The van der Waals surface area contributed by atoms with Crippen LogP contribution in [0.3, 0.4) is 0 Å². The van der Waals surface area contributed by atoms with E-state index in [0.29, 0.717) is 22.5 Å². The van der Waals surface area contributed by atoms with Crippen LogP contribution in [-0.2, 0) is 4.79 Å². The monoisotopic (exact) mass is 324 g/mol. The van der Waals surface area contributed by atoms with Crippen LogP contribution in [0, 0.1) is 5.82 Å². The quantitative estimate of drug-likeness (QED) is 0.556. The number of nitrogens with one attached hydrogen (secondary N) is 2. The number of aromatic amines is 1. The largest absolute Gasteiger partial charge is 0.360 e. The van der Waals surface area contributed by atoms with Crippen molar-refractivity contribution < 1.29 is 14.0 Å². The summed E-state index contributed by atoms with van der Waals surface area (Å²) >= 11 is 0. The minimum absolute atomic E-state index is 0.154. The van der Waals surface area contributed by atoms with Gasteiger partial charge in [0.2, 0.25) is 0 Å². The third-order valence-electron chi connectivity index (χ3n) is 3.93. The van der Waals surface area contributed by atoms with Crippen molar-refractivity contribution in [2.24, 2.45) is 0 Å². The van der Waals surface area contributed by atoms with Crippen molar-refractivity contribution in [1.82, 2.24) is 4.98 Å². The number of amides is 1. The minimum atomic E-state index is -0.752. The van der Waals surface area contributed by atoms with Crippen molar-refractivity contribution in [3.63, 3.8) is 0 Å². The molecule has 24 heavy (non-hydrogen) atoms. The van der Waals surface area contributed by atoms with E-state index < -0.39 is 17.5 Å². The number of fused-ring (bicyclic) bond motifs is 1. The van der Waals surface area contributed by atoms with Crippen LogP contribution in [0.1, 0.15) is 35.7 Å². The average molecular weight is 324 g/mol. The number of carbonyl (C=O) groups is 2. The second-order valence-electron chi connectivity index (χ2n) is 5.95. The fourth-order valence-electron chi connectivity index (χ4n) is 2.54. The standard InChI is InChI=1S/C19H17FN2O2/c1-11(2)12-3-6-14(7-4-12)22-19(24)18(23)16-10-21-17-8-5-13(20)9-15(16)17/h3-11,21H,1-2H3,(H,22,24). The number of Topliss-reactive ketones (excluding diaryl/α,β-unsaturated/α-hetero) is 1. The summed E-state index contributed by atoms with van der Waals surface area (Å²) in [5, 5.41) is 2.97. The Morgan fingerprint density at radius 1 is 1.08 bits per heavy atom. The molecule has 0 saturated carbocycles. The Labute approximate surface area is 138 Å². The molecule has 3 aromatic rings. The minimum Gasteiger partial charge on any atom is -0.360 e. The number of carbonyl (C=O) groups excluding carboxylic acids is 2. The molecule has 0 fully saturated rings. The molecule has 5 heteroatoms. The predicted octanol–water partition coefficient (Wildman–Crippen LogP) is 4.25. The Morgan fingerprint density at radius 2 is 1.79 bits per heavy atom. The van der Waals surface area contributed by atoms with Crippen LogP contribution in [-0.4, -0.2) is 16.7 Å². The van der Waals surface area contributed by atoms with Gasteiger partial charge in [-0.1, -0.05) is 26.0 Å². The average Bonchev–Trinajstić information content (AvgIpc) is 2.97. The molecule has 1 amide bonds. The molecule has 0 bridgehead atoms. The molecule has 0 saturated heterocycles. The first kappa shape index (κ1) is 15.9. The molecular weight excluding hydrogens is 307 g/mol. The first-order valence-corrected chi connectivity index (χ1v) is 7.68. The SMILES string of the molecule is CC(C)c1ccc(NC(=O)C(=O)c2c[nH]c3ccc(F)cc23)cc1. The maximum atomic E-state index is 13.4. The van der Waals surface area contributed by atoms with Gasteiger partial charge in [0.15, 0.2) is 0 Å². The molecule has 0 radical (unpaired) electrons. The van der Waals surface area contributed by atoms with E-state index in [1.807, 2.05) is 12.1 Å². The van der Waals surface area contributed by atoms with Crippen molar-refractivity contribution in [3.05, 3.63) is 65.6 Å². The third kappa shape index (κ3) is 3.06. The van der Waals surface area contributed by atoms with E-state index in [4.69, 9.17) is 0 Å². The van der Waals surface area contributed by atoms with Gasteiger partial charge in [-0.05, 0) is 41.8 Å². The van der Waals surface area contributed by atoms with Crippen LogP contribution < -0.4 is 5.32 Å². The second-order valence-corrected chi connectivity index (χ2v) is 5.95. The molecule has 0 aliphatic rings. The third-order valence-corrected chi connectivity index (χ3v) is 3.93. The Morgan fingerprint density at radius 3 is 2.46 bits per heavy atom. The molecule has 0 aliphatic carbocycles. The lowest BCUT2D eigenvalue weighted by Crippen LogP contribution is -2.22. The number of anilines is 1. The van der Waals surface area contributed by atoms with Crippen molar-refractivity contribution in [3.8, 4) is 0 Å². The molecule has 3 rings (SSSR count). The van der Waals surface area contributed by atoms with Gasteiger partial charge in [0.1, 0.15) is 5.82 Å². The van der Waals surface area contributed by atoms with Gasteiger partial charge in [-0.15, -0.1) is 0 Å². The van der Waals surface area contributed by atoms with Crippen molar-refractivity contribution >= 4 is 28.3 Å². The summed E-state index contributed by atoms with van der Waals surface area (Å²) in [6.45, 7) is 4.15. The first-order chi connectivity index (χ1) is 11.5. The molecule has 0 spiro atoms. The van der Waals surface area contributed by atoms with E-state index in [1.54, 1.807) is 12.1 Å². The summed E-state index contributed by atoms with van der Waals surface area (Å²) < 4.78 is 13.4. The summed E-state index contributed by atoms with van der Waals surface area (Å²) in [5.74, 6) is -1.53.